The van der Waals surface area contributed by atoms with E-state index < -0.39 is 0 Å². The van der Waals surface area contributed by atoms with Gasteiger partial charge in [-0.15, -0.1) is 0 Å². The maximum atomic E-state index is 11.8. The molecule has 0 saturated carbocycles. The summed E-state index contributed by atoms with van der Waals surface area (Å²) in [5, 5.41) is 5.49. The minimum absolute atomic E-state index is 0.138. The van der Waals surface area contributed by atoms with Gasteiger partial charge in [-0.3, -0.25) is 9.59 Å². The molecule has 2 aromatic rings. The minimum Gasteiger partial charge on any atom is -0.352 e. The summed E-state index contributed by atoms with van der Waals surface area (Å²) in [4.78, 5) is 23.5. The number of carbonyl (C=O) groups excluding carboxylic acids is 2. The molecule has 0 unspecified atom stereocenters. The van der Waals surface area contributed by atoms with Crippen LogP contribution in [0.5, 0.6) is 0 Å². The van der Waals surface area contributed by atoms with Gasteiger partial charge in [0.25, 0.3) is 5.91 Å². The van der Waals surface area contributed by atoms with Gasteiger partial charge in [0.05, 0.1) is 0 Å². The van der Waals surface area contributed by atoms with Crippen molar-refractivity contribution in [1.82, 2.24) is 5.32 Å². The molecule has 2 aromatic carbocycles. The molecule has 0 aliphatic heterocycles. The summed E-state index contributed by atoms with van der Waals surface area (Å²) in [6.45, 7) is 0.299. The van der Waals surface area contributed by atoms with Gasteiger partial charge in [0.15, 0.2) is 0 Å². The molecule has 0 bridgehead atoms. The average molecular weight is 347 g/mol. The fraction of sp³-hybridized carbons (Fsp3) is 0.125. The van der Waals surface area contributed by atoms with Gasteiger partial charge < -0.3 is 10.6 Å². The number of hydrogen-bond donors (Lipinski definition) is 2. The SMILES string of the molecule is O=C(CCNC(=O)c1ccccc1)Nc1cccc(Br)c1. The zero-order valence-corrected chi connectivity index (χ0v) is 12.9. The van der Waals surface area contributed by atoms with Crippen molar-refractivity contribution in [3.63, 3.8) is 0 Å². The van der Waals surface area contributed by atoms with E-state index in [-0.39, 0.29) is 18.2 Å². The molecule has 0 atom stereocenters. The standard InChI is InChI=1S/C16H15BrN2O2/c17-13-7-4-8-14(11-13)19-15(20)9-10-18-16(21)12-5-2-1-3-6-12/h1-8,11H,9-10H2,(H,18,21)(H,19,20). The Kier molecular flexibility index (Phi) is 5.51. The van der Waals surface area contributed by atoms with Gasteiger partial charge >= 0.3 is 0 Å². The number of hydrogen-bond acceptors (Lipinski definition) is 2. The van der Waals surface area contributed by atoms with Gasteiger partial charge in [-0.25, -0.2) is 0 Å². The summed E-state index contributed by atoms with van der Waals surface area (Å²) >= 11 is 3.34. The van der Waals surface area contributed by atoms with Crippen molar-refractivity contribution in [3.8, 4) is 0 Å². The third-order valence-electron chi connectivity index (χ3n) is 2.78. The highest BCUT2D eigenvalue weighted by Gasteiger charge is 2.06. The van der Waals surface area contributed by atoms with E-state index in [1.807, 2.05) is 30.3 Å². The lowest BCUT2D eigenvalue weighted by atomic mass is 10.2. The maximum absolute atomic E-state index is 11.8. The van der Waals surface area contributed by atoms with Crippen molar-refractivity contribution in [2.45, 2.75) is 6.42 Å². The first-order valence-corrected chi connectivity index (χ1v) is 7.33. The molecule has 2 N–H and O–H groups in total. The highest BCUT2D eigenvalue weighted by Crippen LogP contribution is 2.15. The van der Waals surface area contributed by atoms with E-state index in [1.54, 1.807) is 24.3 Å². The quantitative estimate of drug-likeness (QED) is 0.873. The number of nitrogens with one attached hydrogen (secondary N) is 2. The van der Waals surface area contributed by atoms with Crippen LogP contribution in [0.25, 0.3) is 0 Å². The first kappa shape index (κ1) is 15.3. The summed E-state index contributed by atoms with van der Waals surface area (Å²) < 4.78 is 0.901. The van der Waals surface area contributed by atoms with Gasteiger partial charge in [0.1, 0.15) is 0 Å². The van der Waals surface area contributed by atoms with Crippen molar-refractivity contribution < 1.29 is 9.59 Å². The molecule has 0 spiro atoms. The molecule has 0 aromatic heterocycles. The van der Waals surface area contributed by atoms with Crippen LogP contribution in [0, 0.1) is 0 Å². The fourth-order valence-corrected chi connectivity index (χ4v) is 2.17. The monoisotopic (exact) mass is 346 g/mol. The second-order valence-electron chi connectivity index (χ2n) is 4.43. The molecule has 108 valence electrons. The number of rotatable bonds is 5. The molecular weight excluding hydrogens is 332 g/mol. The van der Waals surface area contributed by atoms with Crippen molar-refractivity contribution in [2.24, 2.45) is 0 Å². The number of halogens is 1. The zero-order valence-electron chi connectivity index (χ0n) is 11.3. The molecular formula is C16H15BrN2O2. The molecule has 0 heterocycles. The molecule has 0 aliphatic rings. The first-order valence-electron chi connectivity index (χ1n) is 6.54. The molecule has 21 heavy (non-hydrogen) atoms. The fourth-order valence-electron chi connectivity index (χ4n) is 1.77. The van der Waals surface area contributed by atoms with E-state index in [9.17, 15) is 9.59 Å². The topological polar surface area (TPSA) is 58.2 Å². The zero-order chi connectivity index (χ0) is 15.1. The molecule has 0 radical (unpaired) electrons. The second kappa shape index (κ2) is 7.59. The normalized spacial score (nSPS) is 9.95. The van der Waals surface area contributed by atoms with E-state index in [0.717, 1.165) is 10.2 Å². The lowest BCUT2D eigenvalue weighted by molar-refractivity contribution is -0.116. The first-order chi connectivity index (χ1) is 10.1. The number of benzene rings is 2. The van der Waals surface area contributed by atoms with Crippen LogP contribution in [0.4, 0.5) is 5.69 Å². The van der Waals surface area contributed by atoms with Crippen LogP contribution in [0.15, 0.2) is 59.1 Å². The Morgan fingerprint density at radius 3 is 2.48 bits per heavy atom. The highest BCUT2D eigenvalue weighted by atomic mass is 79.9. The summed E-state index contributed by atoms with van der Waals surface area (Å²) in [5.41, 5.74) is 1.31. The van der Waals surface area contributed by atoms with Crippen LogP contribution < -0.4 is 10.6 Å². The number of amides is 2. The van der Waals surface area contributed by atoms with Crippen LogP contribution in [0.3, 0.4) is 0 Å². The summed E-state index contributed by atoms with van der Waals surface area (Å²) in [7, 11) is 0. The third-order valence-corrected chi connectivity index (χ3v) is 3.28. The highest BCUT2D eigenvalue weighted by molar-refractivity contribution is 9.10. The Morgan fingerprint density at radius 2 is 1.76 bits per heavy atom. The van der Waals surface area contributed by atoms with Crippen molar-refractivity contribution >= 4 is 33.4 Å². The van der Waals surface area contributed by atoms with Gasteiger partial charge in [0.2, 0.25) is 5.91 Å². The van der Waals surface area contributed by atoms with Gasteiger partial charge in [0, 0.05) is 28.7 Å². The van der Waals surface area contributed by atoms with E-state index in [0.29, 0.717) is 12.1 Å². The number of anilines is 1. The Bertz CT molecular complexity index is 629. The second-order valence-corrected chi connectivity index (χ2v) is 5.35. The molecule has 5 heteroatoms. The van der Waals surface area contributed by atoms with Crippen molar-refractivity contribution in [1.29, 1.82) is 0 Å². The molecule has 0 aliphatic carbocycles. The Morgan fingerprint density at radius 1 is 1.00 bits per heavy atom. The van der Waals surface area contributed by atoms with Crippen LogP contribution in [-0.4, -0.2) is 18.4 Å². The molecule has 4 nitrogen and oxygen atoms in total. The summed E-state index contributed by atoms with van der Waals surface area (Å²) in [5.74, 6) is -0.313. The third kappa shape index (κ3) is 5.04. The van der Waals surface area contributed by atoms with E-state index >= 15 is 0 Å². The van der Waals surface area contributed by atoms with Gasteiger partial charge in [-0.05, 0) is 30.3 Å². The van der Waals surface area contributed by atoms with E-state index in [1.165, 1.54) is 0 Å². The summed E-state index contributed by atoms with van der Waals surface area (Å²) in [6, 6.07) is 16.3. The van der Waals surface area contributed by atoms with Crippen LogP contribution in [0.2, 0.25) is 0 Å². The van der Waals surface area contributed by atoms with E-state index in [2.05, 4.69) is 26.6 Å². The van der Waals surface area contributed by atoms with Crippen LogP contribution >= 0.6 is 15.9 Å². The molecule has 2 amide bonds. The van der Waals surface area contributed by atoms with E-state index in [4.69, 9.17) is 0 Å². The molecule has 0 saturated heterocycles. The molecule has 2 rings (SSSR count). The molecule has 0 fully saturated rings. The largest absolute Gasteiger partial charge is 0.352 e. The summed E-state index contributed by atoms with van der Waals surface area (Å²) in [6.07, 6.45) is 0.227. The van der Waals surface area contributed by atoms with Gasteiger partial charge in [-0.1, -0.05) is 40.2 Å². The Labute approximate surface area is 131 Å². The van der Waals surface area contributed by atoms with Crippen LogP contribution in [-0.2, 0) is 4.79 Å². The predicted octanol–water partition coefficient (Wildman–Crippen LogP) is 3.21. The van der Waals surface area contributed by atoms with Crippen molar-refractivity contribution in [3.05, 3.63) is 64.6 Å². The minimum atomic E-state index is -0.175. The van der Waals surface area contributed by atoms with Crippen molar-refractivity contribution in [2.75, 3.05) is 11.9 Å². The Hall–Kier alpha value is -2.14. The average Bonchev–Trinajstić information content (AvgIpc) is 2.48. The maximum Gasteiger partial charge on any atom is 0.251 e. The lowest BCUT2D eigenvalue weighted by Crippen LogP contribution is -2.27. The Balaban J connectivity index is 1.76. The van der Waals surface area contributed by atoms with Gasteiger partial charge in [-0.2, -0.15) is 0 Å². The predicted molar refractivity (Wildman–Crippen MR) is 86.2 cm³/mol. The lowest BCUT2D eigenvalue weighted by Gasteiger charge is -2.07. The number of carbonyl (C=O) groups is 2. The smallest absolute Gasteiger partial charge is 0.251 e. The van der Waals surface area contributed by atoms with Crippen LogP contribution in [0.1, 0.15) is 16.8 Å².